The third-order valence-corrected chi connectivity index (χ3v) is 16.8. The van der Waals surface area contributed by atoms with E-state index in [2.05, 4.69) is 34.6 Å². The predicted molar refractivity (Wildman–Crippen MR) is 335 cm³/mol. The van der Waals surface area contributed by atoms with Gasteiger partial charge in [0.2, 0.25) is 0 Å². The van der Waals surface area contributed by atoms with E-state index in [0.29, 0.717) is 19.3 Å². The van der Waals surface area contributed by atoms with Crippen LogP contribution in [0.15, 0.2) is 0 Å². The summed E-state index contributed by atoms with van der Waals surface area (Å²) in [5.41, 5.74) is 0. The van der Waals surface area contributed by atoms with Crippen molar-refractivity contribution in [3.8, 4) is 0 Å². The van der Waals surface area contributed by atoms with Crippen LogP contribution in [0.4, 0.5) is 0 Å². The van der Waals surface area contributed by atoms with Crippen molar-refractivity contribution in [3.05, 3.63) is 0 Å². The highest BCUT2D eigenvalue weighted by molar-refractivity contribution is 5.71. The number of carbonyl (C=O) groups excluding carboxylic acids is 3. The molecule has 0 spiro atoms. The molecule has 458 valence electrons. The fourth-order valence-corrected chi connectivity index (χ4v) is 11.1. The van der Waals surface area contributed by atoms with Gasteiger partial charge in [-0.2, -0.15) is 0 Å². The van der Waals surface area contributed by atoms with E-state index < -0.39 is 6.10 Å². The number of hydrogen-bond acceptors (Lipinski definition) is 6. The quantitative estimate of drug-likeness (QED) is 0.0343. The lowest BCUT2D eigenvalue weighted by atomic mass is 9.99. The van der Waals surface area contributed by atoms with Gasteiger partial charge in [0.1, 0.15) is 13.2 Å². The van der Waals surface area contributed by atoms with Crippen molar-refractivity contribution in [1.29, 1.82) is 0 Å². The summed E-state index contributed by atoms with van der Waals surface area (Å²) in [6, 6.07) is 0. The first-order valence-electron chi connectivity index (χ1n) is 35.3. The van der Waals surface area contributed by atoms with E-state index in [9.17, 15) is 14.4 Å². The van der Waals surface area contributed by atoms with Crippen molar-refractivity contribution >= 4 is 17.9 Å². The average Bonchev–Trinajstić information content (AvgIpc) is 3.42. The summed E-state index contributed by atoms with van der Waals surface area (Å²) >= 11 is 0. The third-order valence-electron chi connectivity index (χ3n) is 16.8. The smallest absolute Gasteiger partial charge is 0.306 e. The fourth-order valence-electron chi connectivity index (χ4n) is 11.1. The molecule has 0 aromatic carbocycles. The van der Waals surface area contributed by atoms with Gasteiger partial charge in [0.05, 0.1) is 0 Å². The molecule has 6 nitrogen and oxygen atoms in total. The Balaban J connectivity index is 4.28. The van der Waals surface area contributed by atoms with Crippen LogP contribution in [0.2, 0.25) is 0 Å². The molecule has 0 aromatic rings. The van der Waals surface area contributed by atoms with Crippen LogP contribution in [0.5, 0.6) is 0 Å². The molecular formula is C71H138O6. The zero-order valence-electron chi connectivity index (χ0n) is 53.1. The first-order chi connectivity index (χ1) is 37.8. The summed E-state index contributed by atoms with van der Waals surface area (Å²) in [4.78, 5) is 38.5. The standard InChI is InChI=1S/C71H138O6/c1-6-8-9-10-11-12-13-14-15-16-20-26-31-36-41-46-51-56-61-69(72)75-64-68(65-76-70(73)62-57-52-47-42-37-32-27-23-22-24-29-34-39-44-49-54-59-66(3)4)77-71(74)63-58-53-48-43-38-33-28-21-18-17-19-25-30-35-40-45-50-55-60-67(5)7-2/h66-68H,6-65H2,1-5H3/t67?,68-/m1/s1. The normalized spacial score (nSPS) is 12.4. The molecule has 0 saturated heterocycles. The van der Waals surface area contributed by atoms with Crippen molar-refractivity contribution in [1.82, 2.24) is 0 Å². The lowest BCUT2D eigenvalue weighted by Gasteiger charge is -2.18. The van der Waals surface area contributed by atoms with Gasteiger partial charge in [-0.15, -0.1) is 0 Å². The number of carbonyl (C=O) groups is 3. The Morgan fingerprint density at radius 3 is 0.740 bits per heavy atom. The van der Waals surface area contributed by atoms with E-state index in [0.717, 1.165) is 69.6 Å². The number of rotatable bonds is 65. The van der Waals surface area contributed by atoms with E-state index in [-0.39, 0.29) is 31.1 Å². The topological polar surface area (TPSA) is 78.9 Å². The Morgan fingerprint density at radius 2 is 0.494 bits per heavy atom. The Hall–Kier alpha value is -1.59. The Labute approximate surface area is 482 Å². The molecule has 0 amide bonds. The van der Waals surface area contributed by atoms with E-state index in [1.165, 1.54) is 295 Å². The molecule has 0 fully saturated rings. The minimum Gasteiger partial charge on any atom is -0.462 e. The molecule has 0 bridgehead atoms. The maximum Gasteiger partial charge on any atom is 0.306 e. The largest absolute Gasteiger partial charge is 0.462 e. The molecule has 0 heterocycles. The fraction of sp³-hybridized carbons (Fsp3) is 0.958. The van der Waals surface area contributed by atoms with Crippen LogP contribution in [0, 0.1) is 11.8 Å². The molecule has 0 saturated carbocycles. The van der Waals surface area contributed by atoms with Crippen LogP contribution >= 0.6 is 0 Å². The second kappa shape index (κ2) is 63.6. The highest BCUT2D eigenvalue weighted by atomic mass is 16.6. The average molecular weight is 1090 g/mol. The van der Waals surface area contributed by atoms with Crippen LogP contribution in [0.1, 0.15) is 407 Å². The summed E-state index contributed by atoms with van der Waals surface area (Å²) in [7, 11) is 0. The molecule has 6 heteroatoms. The SMILES string of the molecule is CCCCCCCCCCCCCCCCCCCCC(=O)OC[C@H](COC(=O)CCCCCCCCCCCCCCCCCCC(C)C)OC(=O)CCCCCCCCCCCCCCCCCCCCC(C)CC. The van der Waals surface area contributed by atoms with Gasteiger partial charge < -0.3 is 14.2 Å². The Morgan fingerprint density at radius 1 is 0.273 bits per heavy atom. The monoisotopic (exact) mass is 1090 g/mol. The minimum absolute atomic E-state index is 0.0611. The van der Waals surface area contributed by atoms with E-state index in [1.54, 1.807) is 0 Å². The molecule has 77 heavy (non-hydrogen) atoms. The predicted octanol–water partition coefficient (Wildman–Crippen LogP) is 23.9. The summed E-state index contributed by atoms with van der Waals surface area (Å²) in [6.07, 6.45) is 72.5. The first-order valence-corrected chi connectivity index (χ1v) is 35.3. The summed E-state index contributed by atoms with van der Waals surface area (Å²) in [5, 5.41) is 0. The van der Waals surface area contributed by atoms with Crippen molar-refractivity contribution < 1.29 is 28.6 Å². The van der Waals surface area contributed by atoms with Gasteiger partial charge in [-0.25, -0.2) is 0 Å². The molecule has 0 aliphatic carbocycles. The lowest BCUT2D eigenvalue weighted by molar-refractivity contribution is -0.167. The molecule has 0 rings (SSSR count). The minimum atomic E-state index is -0.765. The maximum absolute atomic E-state index is 13.0. The molecule has 2 atom stereocenters. The van der Waals surface area contributed by atoms with Gasteiger partial charge in [-0.05, 0) is 31.1 Å². The first kappa shape index (κ1) is 75.4. The summed E-state index contributed by atoms with van der Waals surface area (Å²) in [5.74, 6) is 0.938. The van der Waals surface area contributed by atoms with Crippen LogP contribution in [-0.2, 0) is 28.6 Å². The highest BCUT2D eigenvalue weighted by Gasteiger charge is 2.20. The molecule has 0 radical (unpaired) electrons. The molecule has 0 aromatic heterocycles. The van der Waals surface area contributed by atoms with Gasteiger partial charge >= 0.3 is 17.9 Å². The zero-order valence-corrected chi connectivity index (χ0v) is 53.1. The van der Waals surface area contributed by atoms with E-state index in [4.69, 9.17) is 14.2 Å². The molecule has 0 aliphatic rings. The molecule has 0 aliphatic heterocycles. The van der Waals surface area contributed by atoms with Gasteiger partial charge in [-0.3, -0.25) is 14.4 Å². The zero-order chi connectivity index (χ0) is 56.0. The van der Waals surface area contributed by atoms with Crippen molar-refractivity contribution in [2.75, 3.05) is 13.2 Å². The van der Waals surface area contributed by atoms with Crippen molar-refractivity contribution in [2.24, 2.45) is 11.8 Å². The Bertz CT molecular complexity index is 1180. The van der Waals surface area contributed by atoms with Gasteiger partial charge in [0.25, 0.3) is 0 Å². The number of unbranched alkanes of at least 4 members (excludes halogenated alkanes) is 49. The van der Waals surface area contributed by atoms with Gasteiger partial charge in [0.15, 0.2) is 6.10 Å². The second-order valence-corrected chi connectivity index (χ2v) is 25.2. The Kier molecular flexibility index (Phi) is 62.3. The highest BCUT2D eigenvalue weighted by Crippen LogP contribution is 2.20. The van der Waals surface area contributed by atoms with Crippen molar-refractivity contribution in [2.45, 2.75) is 413 Å². The lowest BCUT2D eigenvalue weighted by Crippen LogP contribution is -2.30. The van der Waals surface area contributed by atoms with E-state index >= 15 is 0 Å². The number of hydrogen-bond donors (Lipinski definition) is 0. The summed E-state index contributed by atoms with van der Waals surface area (Å²) in [6.45, 7) is 11.5. The third kappa shape index (κ3) is 63.5. The number of esters is 3. The van der Waals surface area contributed by atoms with Crippen LogP contribution < -0.4 is 0 Å². The number of ether oxygens (including phenoxy) is 3. The summed E-state index contributed by atoms with van der Waals surface area (Å²) < 4.78 is 17.0. The van der Waals surface area contributed by atoms with Gasteiger partial charge in [0, 0.05) is 19.3 Å². The van der Waals surface area contributed by atoms with Gasteiger partial charge in [-0.1, -0.05) is 369 Å². The van der Waals surface area contributed by atoms with Crippen molar-refractivity contribution in [3.63, 3.8) is 0 Å². The van der Waals surface area contributed by atoms with Crippen LogP contribution in [0.3, 0.4) is 0 Å². The second-order valence-electron chi connectivity index (χ2n) is 25.2. The maximum atomic E-state index is 13.0. The van der Waals surface area contributed by atoms with Crippen LogP contribution in [-0.4, -0.2) is 37.2 Å². The van der Waals surface area contributed by atoms with E-state index in [1.807, 2.05) is 0 Å². The molecular weight excluding hydrogens is 949 g/mol. The molecule has 0 N–H and O–H groups in total. The molecule has 1 unspecified atom stereocenters. The van der Waals surface area contributed by atoms with Crippen LogP contribution in [0.25, 0.3) is 0 Å².